The number of nitrogens with one attached hydrogen (secondary N) is 1. The fraction of sp³-hybridized carbons (Fsp3) is 0.292. The van der Waals surface area contributed by atoms with Gasteiger partial charge in [-0.1, -0.05) is 30.3 Å². The molecule has 1 amide bonds. The lowest BCUT2D eigenvalue weighted by Gasteiger charge is -2.45. The van der Waals surface area contributed by atoms with E-state index in [2.05, 4.69) is 28.5 Å². The molecule has 1 aliphatic heterocycles. The van der Waals surface area contributed by atoms with E-state index < -0.39 is 0 Å². The molecule has 0 atom stereocenters. The zero-order valence-electron chi connectivity index (χ0n) is 16.9. The van der Waals surface area contributed by atoms with E-state index in [9.17, 15) is 9.18 Å². The number of carbonyl (C=O) groups excluding carboxylic acids is 1. The molecule has 5 nitrogen and oxygen atoms in total. The zero-order chi connectivity index (χ0) is 20.7. The van der Waals surface area contributed by atoms with Gasteiger partial charge in [-0.25, -0.2) is 14.4 Å². The Kier molecular flexibility index (Phi) is 4.50. The molecule has 0 saturated carbocycles. The summed E-state index contributed by atoms with van der Waals surface area (Å²) in [4.78, 5) is 23.9. The van der Waals surface area contributed by atoms with Crippen LogP contribution in [0.15, 0.2) is 54.7 Å². The van der Waals surface area contributed by atoms with Crippen LogP contribution < -0.4 is 5.32 Å². The maximum Gasteiger partial charge on any atom is 0.253 e. The third-order valence-corrected chi connectivity index (χ3v) is 6.45. The van der Waals surface area contributed by atoms with E-state index in [0.717, 1.165) is 36.1 Å². The number of benzene rings is 2. The van der Waals surface area contributed by atoms with Gasteiger partial charge in [0.05, 0.1) is 5.69 Å². The van der Waals surface area contributed by atoms with Gasteiger partial charge in [-0.05, 0) is 48.6 Å². The van der Waals surface area contributed by atoms with Crippen molar-refractivity contribution in [2.45, 2.75) is 24.7 Å². The molecule has 2 heterocycles. The van der Waals surface area contributed by atoms with E-state index in [4.69, 9.17) is 4.98 Å². The van der Waals surface area contributed by atoms with Crippen LogP contribution in [0, 0.1) is 5.82 Å². The van der Waals surface area contributed by atoms with Gasteiger partial charge < -0.3 is 10.2 Å². The molecular weight excluding hydrogens is 379 g/mol. The summed E-state index contributed by atoms with van der Waals surface area (Å²) in [6.45, 7) is 1.29. The zero-order valence-corrected chi connectivity index (χ0v) is 16.9. The Morgan fingerprint density at radius 3 is 2.70 bits per heavy atom. The Bertz CT molecular complexity index is 1120. The molecule has 1 fully saturated rings. The minimum atomic E-state index is -0.381. The van der Waals surface area contributed by atoms with Crippen molar-refractivity contribution in [1.82, 2.24) is 14.9 Å². The van der Waals surface area contributed by atoms with Crippen LogP contribution in [0.25, 0.3) is 11.3 Å². The van der Waals surface area contributed by atoms with Crippen molar-refractivity contribution in [1.29, 1.82) is 0 Å². The Labute approximate surface area is 175 Å². The minimum Gasteiger partial charge on any atom is -0.357 e. The fourth-order valence-electron chi connectivity index (χ4n) is 4.89. The second kappa shape index (κ2) is 7.20. The number of rotatable bonds is 2. The molecule has 2 aliphatic rings. The number of piperidine rings is 1. The second-order valence-electron chi connectivity index (χ2n) is 8.12. The molecule has 3 aromatic rings. The number of hydrogen-bond donors (Lipinski definition) is 1. The highest BCUT2D eigenvalue weighted by atomic mass is 19.1. The van der Waals surface area contributed by atoms with Gasteiger partial charge in [0.1, 0.15) is 5.82 Å². The highest BCUT2D eigenvalue weighted by Crippen LogP contribution is 2.48. The number of amides is 1. The predicted octanol–water partition coefficient (Wildman–Crippen LogP) is 4.05. The topological polar surface area (TPSA) is 58.1 Å². The largest absolute Gasteiger partial charge is 0.357 e. The van der Waals surface area contributed by atoms with E-state index in [1.54, 1.807) is 12.1 Å². The van der Waals surface area contributed by atoms with Crippen molar-refractivity contribution < 1.29 is 9.18 Å². The third-order valence-electron chi connectivity index (χ3n) is 6.45. The molecule has 30 heavy (non-hydrogen) atoms. The van der Waals surface area contributed by atoms with Gasteiger partial charge in [0, 0.05) is 42.9 Å². The van der Waals surface area contributed by atoms with Crippen LogP contribution >= 0.6 is 0 Å². The Morgan fingerprint density at radius 2 is 1.93 bits per heavy atom. The van der Waals surface area contributed by atoms with Crippen LogP contribution in [-0.4, -0.2) is 40.9 Å². The average molecular weight is 402 g/mol. The summed E-state index contributed by atoms with van der Waals surface area (Å²) in [5, 5.41) is 3.02. The number of fused-ring (bicyclic) bond motifs is 4. The Hall–Kier alpha value is -3.28. The molecule has 1 saturated heterocycles. The van der Waals surface area contributed by atoms with E-state index in [-0.39, 0.29) is 17.1 Å². The summed E-state index contributed by atoms with van der Waals surface area (Å²) in [6.07, 6.45) is 4.51. The standard InChI is InChI=1S/C24H23FN4O/c1-26-23-27-15-17-14-24(20-8-3-2-7-19(20)21(17)28-23)9-11-29(12-10-24)22(30)16-5-4-6-18(25)13-16/h2-8,13,15H,9-12,14H2,1H3,(H,26,27,28). The summed E-state index contributed by atoms with van der Waals surface area (Å²) >= 11 is 0. The lowest BCUT2D eigenvalue weighted by Crippen LogP contribution is -2.47. The van der Waals surface area contributed by atoms with E-state index >= 15 is 0 Å². The molecule has 0 radical (unpaired) electrons. The second-order valence-corrected chi connectivity index (χ2v) is 8.12. The number of hydrogen-bond acceptors (Lipinski definition) is 4. The number of halogens is 1. The number of anilines is 1. The van der Waals surface area contributed by atoms with Crippen molar-refractivity contribution in [2.75, 3.05) is 25.5 Å². The van der Waals surface area contributed by atoms with Crippen molar-refractivity contribution in [3.8, 4) is 11.3 Å². The molecule has 1 aliphatic carbocycles. The van der Waals surface area contributed by atoms with Crippen molar-refractivity contribution >= 4 is 11.9 Å². The number of carbonyl (C=O) groups is 1. The Morgan fingerprint density at radius 1 is 1.13 bits per heavy atom. The highest BCUT2D eigenvalue weighted by Gasteiger charge is 2.42. The number of aromatic nitrogens is 2. The first-order valence-electron chi connectivity index (χ1n) is 10.3. The van der Waals surface area contributed by atoms with Gasteiger partial charge in [0.2, 0.25) is 5.95 Å². The van der Waals surface area contributed by atoms with Gasteiger partial charge in [-0.2, -0.15) is 0 Å². The molecular formula is C24H23FN4O. The first kappa shape index (κ1) is 18.7. The summed E-state index contributed by atoms with van der Waals surface area (Å²) in [6, 6.07) is 14.4. The van der Waals surface area contributed by atoms with Crippen LogP contribution in [0.1, 0.15) is 34.3 Å². The van der Waals surface area contributed by atoms with Gasteiger partial charge in [0.15, 0.2) is 0 Å². The van der Waals surface area contributed by atoms with Gasteiger partial charge in [0.25, 0.3) is 5.91 Å². The van der Waals surface area contributed by atoms with Crippen LogP contribution in [-0.2, 0) is 11.8 Å². The number of likely N-dealkylation sites (tertiary alicyclic amines) is 1. The monoisotopic (exact) mass is 402 g/mol. The molecule has 6 heteroatoms. The molecule has 152 valence electrons. The SMILES string of the molecule is CNc1ncc2c(n1)-c1ccccc1C1(CCN(C(=O)c3cccc(F)c3)CC1)C2. The summed E-state index contributed by atoms with van der Waals surface area (Å²) in [5.41, 5.74) is 4.98. The van der Waals surface area contributed by atoms with Crippen LogP contribution in [0.5, 0.6) is 0 Å². The molecule has 0 unspecified atom stereocenters. The van der Waals surface area contributed by atoms with Crippen LogP contribution in [0.2, 0.25) is 0 Å². The maximum atomic E-state index is 13.6. The average Bonchev–Trinajstić information content (AvgIpc) is 2.79. The smallest absolute Gasteiger partial charge is 0.253 e. The quantitative estimate of drug-likeness (QED) is 0.703. The lowest BCUT2D eigenvalue weighted by atomic mass is 9.64. The predicted molar refractivity (Wildman–Crippen MR) is 114 cm³/mol. The molecule has 1 spiro atoms. The Balaban J connectivity index is 1.44. The van der Waals surface area contributed by atoms with Crippen LogP contribution in [0.3, 0.4) is 0 Å². The van der Waals surface area contributed by atoms with Crippen LogP contribution in [0.4, 0.5) is 10.3 Å². The van der Waals surface area contributed by atoms with Crippen molar-refractivity contribution in [3.05, 3.63) is 77.2 Å². The molecule has 0 bridgehead atoms. The molecule has 2 aromatic carbocycles. The van der Waals surface area contributed by atoms with Crippen molar-refractivity contribution in [2.24, 2.45) is 0 Å². The van der Waals surface area contributed by atoms with E-state index in [0.29, 0.717) is 24.6 Å². The molecule has 5 rings (SSSR count). The fourth-order valence-corrected chi connectivity index (χ4v) is 4.89. The summed E-state index contributed by atoms with van der Waals surface area (Å²) in [5.74, 6) is 0.138. The third kappa shape index (κ3) is 3.03. The summed E-state index contributed by atoms with van der Waals surface area (Å²) in [7, 11) is 1.82. The highest BCUT2D eigenvalue weighted by molar-refractivity contribution is 5.94. The lowest BCUT2D eigenvalue weighted by molar-refractivity contribution is 0.0664. The summed E-state index contributed by atoms with van der Waals surface area (Å²) < 4.78 is 13.6. The van der Waals surface area contributed by atoms with E-state index in [1.165, 1.54) is 17.7 Å². The first-order chi connectivity index (χ1) is 14.6. The van der Waals surface area contributed by atoms with Crippen molar-refractivity contribution in [3.63, 3.8) is 0 Å². The van der Waals surface area contributed by atoms with Gasteiger partial charge >= 0.3 is 0 Å². The van der Waals surface area contributed by atoms with Gasteiger partial charge in [-0.3, -0.25) is 4.79 Å². The number of nitrogens with zero attached hydrogens (tertiary/aromatic N) is 3. The normalized spacial score (nSPS) is 16.7. The molecule has 1 N–H and O–H groups in total. The van der Waals surface area contributed by atoms with E-state index in [1.807, 2.05) is 24.2 Å². The first-order valence-corrected chi connectivity index (χ1v) is 10.3. The van der Waals surface area contributed by atoms with Gasteiger partial charge in [-0.15, -0.1) is 0 Å². The minimum absolute atomic E-state index is 0.0349. The maximum absolute atomic E-state index is 13.6. The molecule has 1 aromatic heterocycles.